The van der Waals surface area contributed by atoms with Crippen LogP contribution in [0.1, 0.15) is 32.6 Å². The van der Waals surface area contributed by atoms with Crippen LogP contribution in [0.2, 0.25) is 0 Å². The van der Waals surface area contributed by atoms with Crippen molar-refractivity contribution >= 4 is 17.7 Å². The normalized spacial score (nSPS) is 19.9. The molecule has 3 nitrogen and oxygen atoms in total. The second-order valence-electron chi connectivity index (χ2n) is 4.68. The molecule has 1 saturated carbocycles. The zero-order valence-electron chi connectivity index (χ0n) is 9.32. The fourth-order valence-corrected chi connectivity index (χ4v) is 2.88. The average Bonchev–Trinajstić information content (AvgIpc) is 2.85. The predicted molar refractivity (Wildman–Crippen MR) is 64.1 cm³/mol. The smallest absolute Gasteiger partial charge is 0.303 e. The average molecular weight is 231 g/mol. The van der Waals surface area contributed by atoms with Crippen LogP contribution in [0.25, 0.3) is 0 Å². The van der Waals surface area contributed by atoms with Gasteiger partial charge in [0, 0.05) is 18.2 Å². The molecule has 1 fully saturated rings. The van der Waals surface area contributed by atoms with Gasteiger partial charge in [-0.15, -0.1) is 0 Å². The lowest BCUT2D eigenvalue weighted by molar-refractivity contribution is -0.138. The molecule has 4 heteroatoms. The molecule has 15 heavy (non-hydrogen) atoms. The van der Waals surface area contributed by atoms with Crippen molar-refractivity contribution in [2.24, 2.45) is 17.6 Å². The lowest BCUT2D eigenvalue weighted by Gasteiger charge is -2.15. The number of nitrogens with two attached hydrogens (primary N) is 1. The van der Waals surface area contributed by atoms with Crippen LogP contribution in [0, 0.1) is 11.8 Å². The number of carboxylic acids is 1. The molecule has 0 radical (unpaired) electrons. The molecule has 1 rings (SSSR count). The molecule has 0 saturated heterocycles. The van der Waals surface area contributed by atoms with Gasteiger partial charge < -0.3 is 10.8 Å². The van der Waals surface area contributed by atoms with Gasteiger partial charge in [0.1, 0.15) is 0 Å². The van der Waals surface area contributed by atoms with Crippen molar-refractivity contribution in [3.8, 4) is 0 Å². The van der Waals surface area contributed by atoms with E-state index in [-0.39, 0.29) is 18.4 Å². The van der Waals surface area contributed by atoms with Crippen molar-refractivity contribution in [2.75, 3.05) is 11.5 Å². The van der Waals surface area contributed by atoms with E-state index >= 15 is 0 Å². The molecule has 3 N–H and O–H groups in total. The summed E-state index contributed by atoms with van der Waals surface area (Å²) < 4.78 is 0. The summed E-state index contributed by atoms with van der Waals surface area (Å²) in [5.41, 5.74) is 5.94. The van der Waals surface area contributed by atoms with Gasteiger partial charge in [-0.25, -0.2) is 0 Å². The maximum atomic E-state index is 10.5. The highest BCUT2D eigenvalue weighted by Crippen LogP contribution is 2.32. The summed E-state index contributed by atoms with van der Waals surface area (Å²) in [6.45, 7) is 1.96. The van der Waals surface area contributed by atoms with Crippen molar-refractivity contribution < 1.29 is 9.90 Å². The van der Waals surface area contributed by atoms with E-state index in [9.17, 15) is 4.79 Å². The zero-order valence-corrected chi connectivity index (χ0v) is 10.1. The quantitative estimate of drug-likeness (QED) is 0.670. The van der Waals surface area contributed by atoms with Gasteiger partial charge in [-0.3, -0.25) is 4.79 Å². The first-order chi connectivity index (χ1) is 7.08. The molecule has 1 aliphatic carbocycles. The molecule has 0 aromatic heterocycles. The van der Waals surface area contributed by atoms with Gasteiger partial charge >= 0.3 is 5.97 Å². The highest BCUT2D eigenvalue weighted by atomic mass is 32.2. The summed E-state index contributed by atoms with van der Waals surface area (Å²) in [5, 5.41) is 8.61. The monoisotopic (exact) mass is 231 g/mol. The van der Waals surface area contributed by atoms with Gasteiger partial charge in [0.2, 0.25) is 0 Å². The van der Waals surface area contributed by atoms with E-state index in [1.54, 1.807) is 0 Å². The fourth-order valence-electron chi connectivity index (χ4n) is 1.64. The second kappa shape index (κ2) is 6.38. The minimum Gasteiger partial charge on any atom is -0.481 e. The Labute approximate surface area is 95.8 Å². The highest BCUT2D eigenvalue weighted by Gasteiger charge is 2.21. The standard InChI is InChI=1S/C11H21NO2S/c1-8(5-11(13)14)4-10(12)7-15-6-9-2-3-9/h8-10H,2-7,12H2,1H3,(H,13,14)/t8-,10+/m0/s1. The molecule has 0 aromatic carbocycles. The van der Waals surface area contributed by atoms with Crippen LogP contribution in [0.5, 0.6) is 0 Å². The Hall–Kier alpha value is -0.220. The third-order valence-corrected chi connectivity index (χ3v) is 3.98. The van der Waals surface area contributed by atoms with E-state index in [4.69, 9.17) is 10.8 Å². The summed E-state index contributed by atoms with van der Waals surface area (Å²) in [5.74, 6) is 2.62. The van der Waals surface area contributed by atoms with Gasteiger partial charge in [-0.1, -0.05) is 6.92 Å². The minimum atomic E-state index is -0.722. The molecule has 0 aromatic rings. The number of hydrogen-bond donors (Lipinski definition) is 2. The summed E-state index contributed by atoms with van der Waals surface area (Å²) in [6, 6.07) is 0.156. The van der Waals surface area contributed by atoms with Gasteiger partial charge in [-0.05, 0) is 36.9 Å². The number of aliphatic carboxylic acids is 1. The molecule has 0 aliphatic heterocycles. The van der Waals surface area contributed by atoms with Crippen LogP contribution >= 0.6 is 11.8 Å². The summed E-state index contributed by atoms with van der Waals surface area (Å²) in [7, 11) is 0. The Bertz CT molecular complexity index is 207. The maximum Gasteiger partial charge on any atom is 0.303 e. The first-order valence-electron chi connectivity index (χ1n) is 5.63. The second-order valence-corrected chi connectivity index (χ2v) is 5.75. The van der Waals surface area contributed by atoms with Crippen LogP contribution in [-0.2, 0) is 4.79 Å². The maximum absolute atomic E-state index is 10.5. The summed E-state index contributed by atoms with van der Waals surface area (Å²) in [4.78, 5) is 10.5. The minimum absolute atomic E-state index is 0.156. The van der Waals surface area contributed by atoms with Crippen LogP contribution in [-0.4, -0.2) is 28.6 Å². The fraction of sp³-hybridized carbons (Fsp3) is 0.909. The van der Waals surface area contributed by atoms with Crippen LogP contribution in [0.3, 0.4) is 0 Å². The van der Waals surface area contributed by atoms with E-state index in [1.165, 1.54) is 18.6 Å². The van der Waals surface area contributed by atoms with E-state index in [0.29, 0.717) is 0 Å². The Balaban J connectivity index is 1.99. The Morgan fingerprint density at radius 3 is 2.80 bits per heavy atom. The van der Waals surface area contributed by atoms with Crippen molar-refractivity contribution in [3.63, 3.8) is 0 Å². The first kappa shape index (κ1) is 12.8. The number of carbonyl (C=O) groups is 1. The van der Waals surface area contributed by atoms with Gasteiger partial charge in [0.15, 0.2) is 0 Å². The molecule has 0 bridgehead atoms. The summed E-state index contributed by atoms with van der Waals surface area (Å²) >= 11 is 1.92. The Kier molecular flexibility index (Phi) is 5.47. The molecule has 0 heterocycles. The molecule has 0 amide bonds. The number of carboxylic acid groups (broad SMARTS) is 1. The molecule has 1 aliphatic rings. The third-order valence-electron chi connectivity index (χ3n) is 2.61. The predicted octanol–water partition coefficient (Wildman–Crippen LogP) is 1.96. The lowest BCUT2D eigenvalue weighted by atomic mass is 10.00. The van der Waals surface area contributed by atoms with Crippen LogP contribution in [0.4, 0.5) is 0 Å². The van der Waals surface area contributed by atoms with Crippen molar-refractivity contribution in [2.45, 2.75) is 38.6 Å². The van der Waals surface area contributed by atoms with Gasteiger partial charge in [0.25, 0.3) is 0 Å². The van der Waals surface area contributed by atoms with E-state index < -0.39 is 5.97 Å². The van der Waals surface area contributed by atoms with Crippen molar-refractivity contribution in [1.29, 1.82) is 0 Å². The van der Waals surface area contributed by atoms with E-state index in [2.05, 4.69) is 0 Å². The Morgan fingerprint density at radius 1 is 1.60 bits per heavy atom. The van der Waals surface area contributed by atoms with E-state index in [1.807, 2.05) is 18.7 Å². The number of rotatable bonds is 8. The highest BCUT2D eigenvalue weighted by molar-refractivity contribution is 7.99. The molecule has 0 unspecified atom stereocenters. The zero-order chi connectivity index (χ0) is 11.3. The molecule has 0 spiro atoms. The Morgan fingerprint density at radius 2 is 2.27 bits per heavy atom. The lowest BCUT2D eigenvalue weighted by Crippen LogP contribution is -2.26. The van der Waals surface area contributed by atoms with Crippen LogP contribution < -0.4 is 5.73 Å². The van der Waals surface area contributed by atoms with E-state index in [0.717, 1.165) is 18.1 Å². The van der Waals surface area contributed by atoms with Crippen LogP contribution in [0.15, 0.2) is 0 Å². The topological polar surface area (TPSA) is 63.3 Å². The molecule has 2 atom stereocenters. The molecular formula is C11H21NO2S. The third kappa shape index (κ3) is 6.79. The molecular weight excluding hydrogens is 210 g/mol. The largest absolute Gasteiger partial charge is 0.481 e. The molecule has 88 valence electrons. The SMILES string of the molecule is C[C@H](CC(=O)O)C[C@@H](N)CSCC1CC1. The number of thioether (sulfide) groups is 1. The summed E-state index contributed by atoms with van der Waals surface area (Å²) in [6.07, 6.45) is 3.83. The van der Waals surface area contributed by atoms with Crippen molar-refractivity contribution in [3.05, 3.63) is 0 Å². The first-order valence-corrected chi connectivity index (χ1v) is 6.78. The van der Waals surface area contributed by atoms with Gasteiger partial charge in [-0.2, -0.15) is 11.8 Å². The number of hydrogen-bond acceptors (Lipinski definition) is 3. The van der Waals surface area contributed by atoms with Crippen molar-refractivity contribution in [1.82, 2.24) is 0 Å². The van der Waals surface area contributed by atoms with Gasteiger partial charge in [0.05, 0.1) is 0 Å².